The van der Waals surface area contributed by atoms with Gasteiger partial charge in [0.2, 0.25) is 0 Å². The van der Waals surface area contributed by atoms with Crippen molar-refractivity contribution < 1.29 is 0 Å². The van der Waals surface area contributed by atoms with Gasteiger partial charge in [-0.05, 0) is 32.2 Å². The minimum absolute atomic E-state index is 0.762. The van der Waals surface area contributed by atoms with Crippen LogP contribution in [0.25, 0.3) is 10.2 Å². The summed E-state index contributed by atoms with van der Waals surface area (Å²) in [5.41, 5.74) is 1.02. The summed E-state index contributed by atoms with van der Waals surface area (Å²) in [7, 11) is 2.17. The van der Waals surface area contributed by atoms with Gasteiger partial charge in [-0.1, -0.05) is 22.9 Å². The van der Waals surface area contributed by atoms with Gasteiger partial charge >= 0.3 is 0 Å². The Balaban J connectivity index is 1.29. The van der Waals surface area contributed by atoms with Gasteiger partial charge in [-0.3, -0.25) is 0 Å². The number of rotatable bonds is 3. The van der Waals surface area contributed by atoms with E-state index in [0.29, 0.717) is 0 Å². The number of thiazole rings is 1. The molecule has 0 spiro atoms. The fourth-order valence-electron chi connectivity index (χ4n) is 4.04. The molecule has 0 N–H and O–H groups in total. The molecule has 0 saturated carbocycles. The minimum Gasteiger partial charge on any atom is -0.354 e. The Labute approximate surface area is 185 Å². The van der Waals surface area contributed by atoms with Crippen molar-refractivity contribution >= 4 is 49.9 Å². The second-order valence-corrected chi connectivity index (χ2v) is 9.45. The van der Waals surface area contributed by atoms with Gasteiger partial charge in [0, 0.05) is 63.4 Å². The number of halogens is 1. The van der Waals surface area contributed by atoms with Gasteiger partial charge in [-0.15, -0.1) is 0 Å². The van der Waals surface area contributed by atoms with Crippen molar-refractivity contribution in [1.29, 1.82) is 0 Å². The number of aromatic nitrogens is 3. The molecule has 3 aromatic rings. The van der Waals surface area contributed by atoms with E-state index in [2.05, 4.69) is 32.7 Å². The first-order valence-electron chi connectivity index (χ1n) is 10.4. The predicted molar refractivity (Wildman–Crippen MR) is 126 cm³/mol. The first-order chi connectivity index (χ1) is 14.5. The summed E-state index contributed by atoms with van der Waals surface area (Å²) in [6.45, 7) is 9.88. The zero-order valence-electron chi connectivity index (χ0n) is 17.4. The smallest absolute Gasteiger partial charge is 0.186 e. The maximum Gasteiger partial charge on any atom is 0.186 e. The van der Waals surface area contributed by atoms with Crippen molar-refractivity contribution in [2.75, 3.05) is 74.1 Å². The number of piperazine rings is 2. The number of anilines is 3. The van der Waals surface area contributed by atoms with Gasteiger partial charge in [0.1, 0.15) is 17.5 Å². The van der Waals surface area contributed by atoms with Crippen LogP contribution in [0.15, 0.2) is 24.3 Å². The van der Waals surface area contributed by atoms with Gasteiger partial charge in [0.15, 0.2) is 5.13 Å². The average molecular weight is 444 g/mol. The molecule has 4 heterocycles. The van der Waals surface area contributed by atoms with Gasteiger partial charge in [-0.25, -0.2) is 15.0 Å². The lowest BCUT2D eigenvalue weighted by Crippen LogP contribution is -2.47. The number of aryl methyl sites for hydroxylation is 1. The second kappa shape index (κ2) is 8.17. The highest BCUT2D eigenvalue weighted by Gasteiger charge is 2.23. The standard InChI is InChI=1S/C21H26ClN7S/c1-15-23-19(27-7-5-26(2)6-8-27)14-20(24-15)28-9-11-29(12-10-28)21-25-17-4-3-16(22)13-18(17)30-21/h3-4,13-14H,5-12H2,1-2H3. The minimum atomic E-state index is 0.762. The topological polar surface area (TPSA) is 51.6 Å². The molecule has 0 radical (unpaired) electrons. The van der Waals surface area contributed by atoms with Crippen LogP contribution in [0.2, 0.25) is 5.02 Å². The number of benzene rings is 1. The summed E-state index contributed by atoms with van der Waals surface area (Å²) in [5, 5.41) is 1.83. The Morgan fingerprint density at radius 2 is 1.40 bits per heavy atom. The van der Waals surface area contributed by atoms with Crippen LogP contribution in [0.3, 0.4) is 0 Å². The Kier molecular flexibility index (Phi) is 5.39. The quantitative estimate of drug-likeness (QED) is 0.616. The molecule has 0 bridgehead atoms. The third kappa shape index (κ3) is 4.04. The highest BCUT2D eigenvalue weighted by atomic mass is 35.5. The SMILES string of the molecule is Cc1nc(N2CCN(C)CC2)cc(N2CCN(c3nc4ccc(Cl)cc4s3)CC2)n1. The lowest BCUT2D eigenvalue weighted by molar-refractivity contribution is 0.312. The summed E-state index contributed by atoms with van der Waals surface area (Å²) in [5.74, 6) is 2.93. The van der Waals surface area contributed by atoms with Crippen LogP contribution in [0.5, 0.6) is 0 Å². The zero-order valence-corrected chi connectivity index (χ0v) is 19.0. The first kappa shape index (κ1) is 19.8. The molecule has 2 aromatic heterocycles. The lowest BCUT2D eigenvalue weighted by Gasteiger charge is -2.36. The van der Waals surface area contributed by atoms with Crippen LogP contribution in [-0.2, 0) is 0 Å². The Hall–Kier alpha value is -2.16. The number of hydrogen-bond donors (Lipinski definition) is 0. The van der Waals surface area contributed by atoms with E-state index < -0.39 is 0 Å². The van der Waals surface area contributed by atoms with Crippen LogP contribution >= 0.6 is 22.9 Å². The van der Waals surface area contributed by atoms with Crippen molar-refractivity contribution in [2.45, 2.75) is 6.92 Å². The van der Waals surface area contributed by atoms with E-state index in [1.807, 2.05) is 25.1 Å². The monoisotopic (exact) mass is 443 g/mol. The van der Waals surface area contributed by atoms with Crippen molar-refractivity contribution in [2.24, 2.45) is 0 Å². The van der Waals surface area contributed by atoms with Crippen molar-refractivity contribution in [3.63, 3.8) is 0 Å². The van der Waals surface area contributed by atoms with Gasteiger partial charge in [-0.2, -0.15) is 0 Å². The largest absolute Gasteiger partial charge is 0.354 e. The average Bonchev–Trinajstić information content (AvgIpc) is 3.17. The molecule has 0 atom stereocenters. The van der Waals surface area contributed by atoms with E-state index in [1.54, 1.807) is 11.3 Å². The van der Waals surface area contributed by atoms with Crippen LogP contribution in [0.4, 0.5) is 16.8 Å². The van der Waals surface area contributed by atoms with E-state index >= 15 is 0 Å². The number of fused-ring (bicyclic) bond motifs is 1. The molecule has 2 saturated heterocycles. The molecule has 0 unspecified atom stereocenters. The molecule has 5 rings (SSSR count). The van der Waals surface area contributed by atoms with E-state index in [1.165, 1.54) is 0 Å². The molecule has 7 nitrogen and oxygen atoms in total. The fraction of sp³-hybridized carbons (Fsp3) is 0.476. The molecule has 9 heteroatoms. The van der Waals surface area contributed by atoms with Crippen molar-refractivity contribution in [3.8, 4) is 0 Å². The lowest BCUT2D eigenvalue weighted by atomic mass is 10.3. The molecule has 0 amide bonds. The zero-order chi connectivity index (χ0) is 20.7. The number of likely N-dealkylation sites (N-methyl/N-ethyl adjacent to an activating group) is 1. The van der Waals surface area contributed by atoms with Crippen molar-refractivity contribution in [1.82, 2.24) is 19.9 Å². The van der Waals surface area contributed by atoms with Gasteiger partial charge < -0.3 is 19.6 Å². The number of nitrogens with zero attached hydrogens (tertiary/aromatic N) is 7. The third-order valence-corrected chi connectivity index (χ3v) is 7.17. The fourth-order valence-corrected chi connectivity index (χ4v) is 5.34. The number of hydrogen-bond acceptors (Lipinski definition) is 8. The first-order valence-corrected chi connectivity index (χ1v) is 11.6. The van der Waals surface area contributed by atoms with E-state index in [4.69, 9.17) is 26.6 Å². The van der Waals surface area contributed by atoms with Crippen LogP contribution in [-0.4, -0.2) is 79.3 Å². The van der Waals surface area contributed by atoms with Crippen LogP contribution in [0, 0.1) is 6.92 Å². The molecule has 2 aliphatic heterocycles. The maximum absolute atomic E-state index is 6.13. The Bertz CT molecular complexity index is 1040. The Morgan fingerprint density at radius 1 is 0.800 bits per heavy atom. The second-order valence-electron chi connectivity index (χ2n) is 8.00. The molecule has 158 valence electrons. The van der Waals surface area contributed by atoms with E-state index in [-0.39, 0.29) is 0 Å². The van der Waals surface area contributed by atoms with Crippen molar-refractivity contribution in [3.05, 3.63) is 35.1 Å². The Morgan fingerprint density at radius 3 is 2.07 bits per heavy atom. The summed E-state index contributed by atoms with van der Waals surface area (Å²) < 4.78 is 1.14. The van der Waals surface area contributed by atoms with Gasteiger partial charge in [0.05, 0.1) is 10.2 Å². The van der Waals surface area contributed by atoms with E-state index in [9.17, 15) is 0 Å². The highest BCUT2D eigenvalue weighted by molar-refractivity contribution is 7.22. The van der Waals surface area contributed by atoms with Crippen LogP contribution < -0.4 is 14.7 Å². The molecule has 0 aliphatic carbocycles. The molecule has 1 aromatic carbocycles. The molecule has 30 heavy (non-hydrogen) atoms. The molecular formula is C21H26ClN7S. The van der Waals surface area contributed by atoms with E-state index in [0.717, 1.165) is 90.2 Å². The maximum atomic E-state index is 6.13. The highest BCUT2D eigenvalue weighted by Crippen LogP contribution is 2.31. The summed E-state index contributed by atoms with van der Waals surface area (Å²) >= 11 is 7.84. The summed E-state index contributed by atoms with van der Waals surface area (Å²) in [6, 6.07) is 8.06. The van der Waals surface area contributed by atoms with Crippen LogP contribution in [0.1, 0.15) is 5.82 Å². The molecule has 2 fully saturated rings. The normalized spacial score (nSPS) is 18.4. The summed E-state index contributed by atoms with van der Waals surface area (Å²) in [4.78, 5) is 23.7. The molecular weight excluding hydrogens is 418 g/mol. The predicted octanol–water partition coefficient (Wildman–Crippen LogP) is 3.13. The molecule has 2 aliphatic rings. The summed E-state index contributed by atoms with van der Waals surface area (Å²) in [6.07, 6.45) is 0. The third-order valence-electron chi connectivity index (χ3n) is 5.85. The van der Waals surface area contributed by atoms with Gasteiger partial charge in [0.25, 0.3) is 0 Å².